The fourth-order valence-electron chi connectivity index (χ4n) is 1.47. The number of carbonyl (C=O) groups is 2. The van der Waals surface area contributed by atoms with E-state index in [0.29, 0.717) is 0 Å². The van der Waals surface area contributed by atoms with Crippen molar-refractivity contribution >= 4 is 11.8 Å². The largest absolute Gasteiger partial charge is 0.463 e. The molecule has 1 aromatic carbocycles. The van der Waals surface area contributed by atoms with Crippen LogP contribution in [0.25, 0.3) is 0 Å². The molecule has 0 aliphatic carbocycles. The highest BCUT2D eigenvalue weighted by molar-refractivity contribution is 6.36. The Labute approximate surface area is 103 Å². The van der Waals surface area contributed by atoms with Crippen LogP contribution in [0.3, 0.4) is 0 Å². The molecule has 1 rings (SSSR count). The van der Waals surface area contributed by atoms with E-state index < -0.39 is 23.8 Å². The maximum Gasteiger partial charge on any atom is 0.381 e. The molecular weight excluding hydrogens is 246 g/mol. The molecule has 0 aliphatic rings. The zero-order chi connectivity index (χ0) is 13.8. The van der Waals surface area contributed by atoms with Gasteiger partial charge in [0.1, 0.15) is 0 Å². The van der Waals surface area contributed by atoms with E-state index in [0.717, 1.165) is 14.2 Å². The van der Waals surface area contributed by atoms with E-state index in [1.54, 1.807) is 6.07 Å². The minimum atomic E-state index is -3.98. The summed E-state index contributed by atoms with van der Waals surface area (Å²) in [5, 5.41) is 0. The van der Waals surface area contributed by atoms with Crippen molar-refractivity contribution in [2.24, 2.45) is 0 Å². The van der Waals surface area contributed by atoms with Crippen molar-refractivity contribution in [3.63, 3.8) is 0 Å². The minimum absolute atomic E-state index is 0.0993. The number of esters is 1. The maximum absolute atomic E-state index is 13.8. The molecule has 1 atom stereocenters. The smallest absolute Gasteiger partial charge is 0.381 e. The molecule has 0 saturated heterocycles. The third-order valence-electron chi connectivity index (χ3n) is 2.34. The van der Waals surface area contributed by atoms with Crippen molar-refractivity contribution in [3.8, 4) is 0 Å². The second kappa shape index (κ2) is 5.68. The number of alkyl halides is 2. The number of rotatable bonds is 5. The highest BCUT2D eigenvalue weighted by atomic mass is 19.3. The molecule has 98 valence electrons. The lowest BCUT2D eigenvalue weighted by molar-refractivity contribution is -0.178. The van der Waals surface area contributed by atoms with Gasteiger partial charge in [-0.2, -0.15) is 8.78 Å². The summed E-state index contributed by atoms with van der Waals surface area (Å²) >= 11 is 0. The van der Waals surface area contributed by atoms with Crippen molar-refractivity contribution < 1.29 is 27.8 Å². The number of hydrogen-bond acceptors (Lipinski definition) is 4. The first-order valence-corrected chi connectivity index (χ1v) is 5.03. The van der Waals surface area contributed by atoms with Gasteiger partial charge in [-0.05, 0) is 5.56 Å². The summed E-state index contributed by atoms with van der Waals surface area (Å²) in [4.78, 5) is 22.2. The molecule has 0 bridgehead atoms. The van der Waals surface area contributed by atoms with Crippen LogP contribution < -0.4 is 0 Å². The molecule has 0 fully saturated rings. The van der Waals surface area contributed by atoms with E-state index in [9.17, 15) is 18.4 Å². The lowest BCUT2D eigenvalue weighted by Gasteiger charge is -2.23. The molecule has 1 aromatic rings. The van der Waals surface area contributed by atoms with Crippen molar-refractivity contribution in [2.45, 2.75) is 12.0 Å². The summed E-state index contributed by atoms with van der Waals surface area (Å²) in [6.45, 7) is 0. The van der Waals surface area contributed by atoms with Gasteiger partial charge in [0.2, 0.25) is 0 Å². The predicted octanol–water partition coefficient (Wildman–Crippen LogP) is 1.75. The number of ketones is 1. The van der Waals surface area contributed by atoms with Crippen LogP contribution in [0.5, 0.6) is 0 Å². The van der Waals surface area contributed by atoms with E-state index >= 15 is 0 Å². The highest BCUT2D eigenvalue weighted by Gasteiger charge is 2.52. The van der Waals surface area contributed by atoms with Crippen LogP contribution in [-0.4, -0.2) is 31.9 Å². The average Bonchev–Trinajstić information content (AvgIpc) is 2.38. The summed E-state index contributed by atoms with van der Waals surface area (Å²) in [5.41, 5.74) is 0.0993. The molecule has 0 N–H and O–H groups in total. The molecule has 0 aromatic heterocycles. The van der Waals surface area contributed by atoms with Crippen LogP contribution in [0, 0.1) is 0 Å². The quantitative estimate of drug-likeness (QED) is 0.596. The summed E-state index contributed by atoms with van der Waals surface area (Å²) in [6.07, 6.45) is -1.83. The Balaban J connectivity index is 3.08. The van der Waals surface area contributed by atoms with Crippen LogP contribution in [0.1, 0.15) is 11.7 Å². The molecule has 0 spiro atoms. The summed E-state index contributed by atoms with van der Waals surface area (Å²) in [5.74, 6) is -7.51. The van der Waals surface area contributed by atoms with Crippen molar-refractivity contribution in [1.82, 2.24) is 0 Å². The zero-order valence-electron chi connectivity index (χ0n) is 9.85. The molecule has 0 radical (unpaired) electrons. The number of Topliss-reactive ketones (excluding diaryl/α,β-unsaturated/α-hetero) is 1. The van der Waals surface area contributed by atoms with Gasteiger partial charge in [-0.1, -0.05) is 30.3 Å². The van der Waals surface area contributed by atoms with Gasteiger partial charge >= 0.3 is 17.7 Å². The highest BCUT2D eigenvalue weighted by Crippen LogP contribution is 2.35. The van der Waals surface area contributed by atoms with Crippen molar-refractivity contribution in [2.75, 3.05) is 14.2 Å². The van der Waals surface area contributed by atoms with Gasteiger partial charge in [-0.15, -0.1) is 0 Å². The maximum atomic E-state index is 13.8. The van der Waals surface area contributed by atoms with E-state index in [4.69, 9.17) is 0 Å². The van der Waals surface area contributed by atoms with E-state index in [1.165, 1.54) is 24.3 Å². The Bertz CT molecular complexity index is 431. The number of benzene rings is 1. The Kier molecular flexibility index (Phi) is 4.49. The first-order valence-electron chi connectivity index (χ1n) is 5.03. The van der Waals surface area contributed by atoms with E-state index in [1.807, 2.05) is 0 Å². The predicted molar refractivity (Wildman–Crippen MR) is 58.2 cm³/mol. The fraction of sp³-hybridized carbons (Fsp3) is 0.333. The molecule has 0 amide bonds. The molecule has 6 heteroatoms. The van der Waals surface area contributed by atoms with Gasteiger partial charge in [0.25, 0.3) is 0 Å². The van der Waals surface area contributed by atoms with Gasteiger partial charge < -0.3 is 9.47 Å². The van der Waals surface area contributed by atoms with E-state index in [2.05, 4.69) is 9.47 Å². The number of hydrogen-bond donors (Lipinski definition) is 0. The first-order chi connectivity index (χ1) is 8.45. The topological polar surface area (TPSA) is 52.6 Å². The Morgan fingerprint density at radius 3 is 2.17 bits per heavy atom. The van der Waals surface area contributed by atoms with Crippen LogP contribution in [0.15, 0.2) is 30.3 Å². The third kappa shape index (κ3) is 2.70. The van der Waals surface area contributed by atoms with Crippen LogP contribution in [0.4, 0.5) is 8.78 Å². The van der Waals surface area contributed by atoms with Gasteiger partial charge in [-0.25, -0.2) is 4.79 Å². The van der Waals surface area contributed by atoms with Gasteiger partial charge in [0, 0.05) is 7.11 Å². The summed E-state index contributed by atoms with van der Waals surface area (Å²) in [6, 6.07) is 7.45. The van der Waals surface area contributed by atoms with Gasteiger partial charge in [0.05, 0.1) is 7.11 Å². The lowest BCUT2D eigenvalue weighted by atomic mass is 10.00. The molecule has 18 heavy (non-hydrogen) atoms. The number of carbonyl (C=O) groups excluding carboxylic acids is 2. The first kappa shape index (κ1) is 14.2. The number of ether oxygens (including phenoxy) is 2. The average molecular weight is 258 g/mol. The normalized spacial score (nSPS) is 12.9. The van der Waals surface area contributed by atoms with Crippen molar-refractivity contribution in [1.29, 1.82) is 0 Å². The fourth-order valence-corrected chi connectivity index (χ4v) is 1.47. The standard InChI is InChI=1S/C12H12F2O4/c1-17-10(8-6-4-3-5-7-8)12(13,14)9(15)11(16)18-2/h3-7,10H,1-2H3. The summed E-state index contributed by atoms with van der Waals surface area (Å²) < 4.78 is 36.3. The monoisotopic (exact) mass is 258 g/mol. The molecule has 0 aliphatic heterocycles. The number of halogens is 2. The zero-order valence-corrected chi connectivity index (χ0v) is 9.85. The molecule has 1 unspecified atom stereocenters. The Morgan fingerprint density at radius 1 is 1.17 bits per heavy atom. The molecule has 0 saturated carbocycles. The summed E-state index contributed by atoms with van der Waals surface area (Å²) in [7, 11) is 1.90. The minimum Gasteiger partial charge on any atom is -0.463 e. The molecular formula is C12H12F2O4. The SMILES string of the molecule is COC(=O)C(=O)C(F)(F)C(OC)c1ccccc1. The number of methoxy groups -OCH3 is 2. The van der Waals surface area contributed by atoms with Gasteiger partial charge in [0.15, 0.2) is 6.10 Å². The van der Waals surface area contributed by atoms with Crippen LogP contribution in [-0.2, 0) is 19.1 Å². The van der Waals surface area contributed by atoms with Crippen LogP contribution >= 0.6 is 0 Å². The third-order valence-corrected chi connectivity index (χ3v) is 2.34. The Hall–Kier alpha value is -1.82. The molecule has 4 nitrogen and oxygen atoms in total. The van der Waals surface area contributed by atoms with Crippen LogP contribution in [0.2, 0.25) is 0 Å². The van der Waals surface area contributed by atoms with E-state index in [-0.39, 0.29) is 5.56 Å². The second-order valence-electron chi connectivity index (χ2n) is 3.47. The van der Waals surface area contributed by atoms with Crippen molar-refractivity contribution in [3.05, 3.63) is 35.9 Å². The second-order valence-corrected chi connectivity index (χ2v) is 3.47. The lowest BCUT2D eigenvalue weighted by Crippen LogP contribution is -2.41. The van der Waals surface area contributed by atoms with Gasteiger partial charge in [-0.3, -0.25) is 4.79 Å². The molecule has 0 heterocycles. The Morgan fingerprint density at radius 2 is 1.72 bits per heavy atom.